The number of ketones is 1. The number of hydrogen-bond acceptors (Lipinski definition) is 4. The predicted octanol–water partition coefficient (Wildman–Crippen LogP) is 6.15. The van der Waals surface area contributed by atoms with Crippen LogP contribution in [0.4, 0.5) is 0 Å². The van der Waals surface area contributed by atoms with Crippen LogP contribution in [0.25, 0.3) is 22.9 Å². The number of ether oxygens (including phenoxy) is 1. The van der Waals surface area contributed by atoms with Crippen LogP contribution in [-0.2, 0) is 14.3 Å². The molecule has 6 heteroatoms. The van der Waals surface area contributed by atoms with Gasteiger partial charge in [-0.2, -0.15) is 0 Å². The average molecular weight is 475 g/mol. The van der Waals surface area contributed by atoms with E-state index in [4.69, 9.17) is 16.3 Å². The molecule has 0 radical (unpaired) electrons. The Kier molecular flexibility index (Phi) is 6.49. The van der Waals surface area contributed by atoms with Crippen molar-refractivity contribution in [3.8, 4) is 16.8 Å². The molecule has 0 amide bonds. The summed E-state index contributed by atoms with van der Waals surface area (Å²) in [6.45, 7) is 9.26. The van der Waals surface area contributed by atoms with Crippen LogP contribution in [0.1, 0.15) is 37.7 Å². The summed E-state index contributed by atoms with van der Waals surface area (Å²) in [7, 11) is 0. The summed E-state index contributed by atoms with van der Waals surface area (Å²) in [6, 6.07) is 17.9. The molecular weight excluding hydrogens is 448 g/mol. The molecule has 0 atom stereocenters. The highest BCUT2D eigenvalue weighted by Gasteiger charge is 2.32. The van der Waals surface area contributed by atoms with E-state index in [2.05, 4.69) is 22.0 Å². The molecule has 0 bridgehead atoms. The molecular formula is C28H27ClN2O3. The lowest BCUT2D eigenvalue weighted by Gasteiger charge is -2.16. The van der Waals surface area contributed by atoms with E-state index in [1.165, 1.54) is 0 Å². The second-order valence-electron chi connectivity index (χ2n) is 8.63. The maximum Gasteiger partial charge on any atom is 0.344 e. The number of carbonyl (C=O) groups is 2. The third kappa shape index (κ3) is 4.31. The van der Waals surface area contributed by atoms with E-state index in [0.717, 1.165) is 33.8 Å². The minimum Gasteiger partial charge on any atom is -0.459 e. The van der Waals surface area contributed by atoms with Crippen LogP contribution < -0.4 is 5.32 Å². The molecule has 0 unspecified atom stereocenters. The topological polar surface area (TPSA) is 60.3 Å². The van der Waals surface area contributed by atoms with E-state index in [-0.39, 0.29) is 17.5 Å². The first-order valence-electron chi connectivity index (χ1n) is 11.2. The third-order valence-electron chi connectivity index (χ3n) is 5.79. The van der Waals surface area contributed by atoms with Gasteiger partial charge in [0.25, 0.3) is 0 Å². The van der Waals surface area contributed by atoms with E-state index in [0.29, 0.717) is 16.4 Å². The maximum atomic E-state index is 13.0. The Morgan fingerprint density at radius 3 is 2.35 bits per heavy atom. The predicted molar refractivity (Wildman–Crippen MR) is 136 cm³/mol. The highest BCUT2D eigenvalue weighted by atomic mass is 35.5. The number of Topliss-reactive ketones (excluding diaryl/α,β-unsaturated/α-hetero) is 1. The molecule has 0 aliphatic carbocycles. The summed E-state index contributed by atoms with van der Waals surface area (Å²) in [4.78, 5) is 25.4. The van der Waals surface area contributed by atoms with E-state index in [1.54, 1.807) is 26.8 Å². The van der Waals surface area contributed by atoms with Crippen LogP contribution >= 0.6 is 11.6 Å². The van der Waals surface area contributed by atoms with Gasteiger partial charge in [-0.3, -0.25) is 4.79 Å². The molecule has 0 spiro atoms. The quantitative estimate of drug-likeness (QED) is 0.273. The number of halogens is 1. The molecule has 1 N–H and O–H groups in total. The van der Waals surface area contributed by atoms with Gasteiger partial charge < -0.3 is 14.6 Å². The van der Waals surface area contributed by atoms with Crippen LogP contribution in [0, 0.1) is 13.8 Å². The van der Waals surface area contributed by atoms with E-state index < -0.39 is 5.97 Å². The Bertz CT molecular complexity index is 1360. The summed E-state index contributed by atoms with van der Waals surface area (Å²) in [5.41, 5.74) is 6.73. The zero-order valence-corrected chi connectivity index (χ0v) is 20.7. The fourth-order valence-electron chi connectivity index (χ4n) is 4.28. The first-order chi connectivity index (χ1) is 16.2. The number of aryl methyl sites for hydroxylation is 1. The van der Waals surface area contributed by atoms with Gasteiger partial charge in [0.15, 0.2) is 0 Å². The van der Waals surface area contributed by atoms with Gasteiger partial charge in [-0.25, -0.2) is 4.79 Å². The molecule has 174 valence electrons. The number of benzene rings is 2. The number of nitrogens with one attached hydrogen (secondary N) is 1. The zero-order valence-electron chi connectivity index (χ0n) is 19.9. The van der Waals surface area contributed by atoms with Crippen LogP contribution in [0.2, 0.25) is 5.02 Å². The molecule has 5 nitrogen and oxygen atoms in total. The Hall–Kier alpha value is -3.57. The number of allylic oxidation sites excluding steroid dienone is 2. The lowest BCUT2D eigenvalue weighted by Crippen LogP contribution is -2.18. The minimum atomic E-state index is -0.604. The number of hydrogen-bond donors (Lipinski definition) is 1. The van der Waals surface area contributed by atoms with Crippen molar-refractivity contribution in [1.82, 2.24) is 9.88 Å². The van der Waals surface area contributed by atoms with E-state index in [1.807, 2.05) is 56.3 Å². The maximum absolute atomic E-state index is 13.0. The van der Waals surface area contributed by atoms with E-state index in [9.17, 15) is 9.59 Å². The highest BCUT2D eigenvalue weighted by molar-refractivity contribution is 6.33. The average Bonchev–Trinajstić information content (AvgIpc) is 3.22. The molecule has 1 aliphatic heterocycles. The largest absolute Gasteiger partial charge is 0.459 e. The molecule has 0 saturated carbocycles. The molecule has 1 aromatic heterocycles. The number of rotatable bonds is 5. The molecule has 0 fully saturated rings. The molecule has 34 heavy (non-hydrogen) atoms. The van der Waals surface area contributed by atoms with E-state index >= 15 is 0 Å². The molecule has 0 saturated heterocycles. The Morgan fingerprint density at radius 1 is 1.03 bits per heavy atom. The second kappa shape index (κ2) is 9.35. The molecule has 2 aromatic carbocycles. The molecule has 1 aliphatic rings. The molecule has 2 heterocycles. The standard InChI is InChI=1S/C28H27ClN2O3/c1-16(2)34-28(33)26-18(4)30-24(27(26)32)15-20-14-17(3)31(19(20)5)25-13-9-7-11-22(25)21-10-6-8-12-23(21)29/h6-16,30H,1-5H3/b24-15+. The van der Waals surface area contributed by atoms with Crippen molar-refractivity contribution in [2.24, 2.45) is 0 Å². The van der Waals surface area contributed by atoms with Gasteiger partial charge in [0.1, 0.15) is 5.57 Å². The second-order valence-corrected chi connectivity index (χ2v) is 9.03. The van der Waals surface area contributed by atoms with Crippen LogP contribution in [0.3, 0.4) is 0 Å². The lowest BCUT2D eigenvalue weighted by molar-refractivity contribution is -0.143. The fraction of sp³-hybridized carbons (Fsp3) is 0.214. The SMILES string of the molecule is CC1=C(C(=O)OC(C)C)C(=O)/C(=C\c2cc(C)n(-c3ccccc3-c3ccccc3Cl)c2C)N1. The first kappa shape index (κ1) is 23.6. The fourth-order valence-corrected chi connectivity index (χ4v) is 4.52. The monoisotopic (exact) mass is 474 g/mol. The van der Waals surface area contributed by atoms with Gasteiger partial charge in [0.2, 0.25) is 5.78 Å². The number of para-hydroxylation sites is 1. The van der Waals surface area contributed by atoms with Crippen molar-refractivity contribution in [3.63, 3.8) is 0 Å². The Morgan fingerprint density at radius 2 is 1.68 bits per heavy atom. The van der Waals surface area contributed by atoms with Crippen LogP contribution in [-0.4, -0.2) is 22.4 Å². The molecule has 4 rings (SSSR count). The summed E-state index contributed by atoms with van der Waals surface area (Å²) in [6.07, 6.45) is 1.49. The van der Waals surface area contributed by atoms with Gasteiger partial charge in [0, 0.05) is 33.2 Å². The minimum absolute atomic E-state index is 0.0535. The lowest BCUT2D eigenvalue weighted by atomic mass is 10.0. The van der Waals surface area contributed by atoms with Gasteiger partial charge in [-0.15, -0.1) is 0 Å². The number of nitrogens with zero attached hydrogens (tertiary/aromatic N) is 1. The van der Waals surface area contributed by atoms with Gasteiger partial charge >= 0.3 is 5.97 Å². The van der Waals surface area contributed by atoms with Gasteiger partial charge in [0.05, 0.1) is 17.5 Å². The molecule has 3 aromatic rings. The van der Waals surface area contributed by atoms with Crippen molar-refractivity contribution in [2.75, 3.05) is 0 Å². The Labute approximate surface area is 204 Å². The van der Waals surface area contributed by atoms with Crippen LogP contribution in [0.15, 0.2) is 71.6 Å². The highest BCUT2D eigenvalue weighted by Crippen LogP contribution is 2.35. The van der Waals surface area contributed by atoms with Crippen LogP contribution in [0.5, 0.6) is 0 Å². The number of aromatic nitrogens is 1. The van der Waals surface area contributed by atoms with Crippen molar-refractivity contribution in [3.05, 3.63) is 93.5 Å². The first-order valence-corrected chi connectivity index (χ1v) is 11.5. The normalized spacial score (nSPS) is 14.8. The van der Waals surface area contributed by atoms with Gasteiger partial charge in [-0.05, 0) is 64.5 Å². The van der Waals surface area contributed by atoms with Crippen molar-refractivity contribution in [2.45, 2.75) is 40.7 Å². The van der Waals surface area contributed by atoms with Gasteiger partial charge in [-0.1, -0.05) is 48.0 Å². The van der Waals surface area contributed by atoms with Crippen molar-refractivity contribution >= 4 is 29.4 Å². The zero-order chi connectivity index (χ0) is 24.6. The third-order valence-corrected chi connectivity index (χ3v) is 6.12. The summed E-state index contributed by atoms with van der Waals surface area (Å²) in [5, 5.41) is 3.74. The summed E-state index contributed by atoms with van der Waals surface area (Å²) in [5.74, 6) is -0.961. The summed E-state index contributed by atoms with van der Waals surface area (Å²) >= 11 is 6.51. The number of carbonyl (C=O) groups excluding carboxylic acids is 2. The smallest absolute Gasteiger partial charge is 0.344 e. The Balaban J connectivity index is 1.74. The van der Waals surface area contributed by atoms with Crippen molar-refractivity contribution < 1.29 is 14.3 Å². The number of esters is 1. The van der Waals surface area contributed by atoms with Crippen molar-refractivity contribution in [1.29, 1.82) is 0 Å². The summed E-state index contributed by atoms with van der Waals surface area (Å²) < 4.78 is 7.39.